The van der Waals surface area contributed by atoms with Gasteiger partial charge in [-0.3, -0.25) is 9.59 Å². The molecule has 1 atom stereocenters. The Morgan fingerprint density at radius 2 is 1.75 bits per heavy atom. The van der Waals surface area contributed by atoms with E-state index in [9.17, 15) is 22.4 Å². The Kier molecular flexibility index (Phi) is 7.78. The van der Waals surface area contributed by atoms with Crippen molar-refractivity contribution in [3.8, 4) is 5.75 Å². The molecule has 2 N–H and O–H groups in total. The van der Waals surface area contributed by atoms with Gasteiger partial charge in [-0.25, -0.2) is 12.8 Å². The van der Waals surface area contributed by atoms with Crippen LogP contribution in [0.1, 0.15) is 5.56 Å². The van der Waals surface area contributed by atoms with E-state index in [1.54, 1.807) is 19.2 Å². The van der Waals surface area contributed by atoms with Crippen LogP contribution in [-0.4, -0.2) is 64.1 Å². The van der Waals surface area contributed by atoms with Crippen LogP contribution >= 0.6 is 0 Å². The third-order valence-electron chi connectivity index (χ3n) is 4.87. The standard InChI is InChI=1S/C21H24FN3O6S/c1-30-17-6-2-15(3-7-17)10-11-23-20(26)21(27)24-14-19-25(12-13-31-19)32(28,29)18-8-4-16(22)5-9-18/h2-9,19H,10-14H2,1H3,(H,23,26)(H,24,27)/t19-/m1/s1. The predicted molar refractivity (Wildman–Crippen MR) is 113 cm³/mol. The highest BCUT2D eigenvalue weighted by Crippen LogP contribution is 2.22. The molecule has 3 rings (SSSR count). The molecular weight excluding hydrogens is 441 g/mol. The van der Waals surface area contributed by atoms with Gasteiger partial charge in [0.15, 0.2) is 0 Å². The van der Waals surface area contributed by atoms with Crippen molar-refractivity contribution in [3.05, 3.63) is 59.9 Å². The Bertz CT molecular complexity index is 1040. The zero-order valence-electron chi connectivity index (χ0n) is 17.4. The lowest BCUT2D eigenvalue weighted by molar-refractivity contribution is -0.139. The number of hydrogen-bond donors (Lipinski definition) is 2. The second-order valence-corrected chi connectivity index (χ2v) is 8.85. The Morgan fingerprint density at radius 1 is 1.09 bits per heavy atom. The minimum atomic E-state index is -3.94. The third kappa shape index (κ3) is 5.81. The lowest BCUT2D eigenvalue weighted by Crippen LogP contribution is -2.47. The summed E-state index contributed by atoms with van der Waals surface area (Å²) in [6, 6.07) is 11.8. The third-order valence-corrected chi connectivity index (χ3v) is 6.77. The van der Waals surface area contributed by atoms with E-state index in [1.807, 2.05) is 12.1 Å². The molecule has 1 saturated heterocycles. The maximum absolute atomic E-state index is 13.1. The first-order valence-corrected chi connectivity index (χ1v) is 11.3. The monoisotopic (exact) mass is 465 g/mol. The summed E-state index contributed by atoms with van der Waals surface area (Å²) in [5, 5.41) is 4.91. The van der Waals surface area contributed by atoms with Crippen LogP contribution in [0.15, 0.2) is 53.4 Å². The number of nitrogens with one attached hydrogen (secondary N) is 2. The van der Waals surface area contributed by atoms with E-state index in [2.05, 4.69) is 10.6 Å². The maximum Gasteiger partial charge on any atom is 0.309 e. The maximum atomic E-state index is 13.1. The van der Waals surface area contributed by atoms with E-state index >= 15 is 0 Å². The SMILES string of the molecule is COc1ccc(CCNC(=O)C(=O)NC[C@H]2OCCN2S(=O)(=O)c2ccc(F)cc2)cc1. The molecule has 2 aromatic rings. The van der Waals surface area contributed by atoms with Crippen molar-refractivity contribution in [2.75, 3.05) is 33.4 Å². The summed E-state index contributed by atoms with van der Waals surface area (Å²) in [6.07, 6.45) is -0.445. The summed E-state index contributed by atoms with van der Waals surface area (Å²) < 4.78 is 50.2. The van der Waals surface area contributed by atoms with Crippen molar-refractivity contribution in [2.24, 2.45) is 0 Å². The highest BCUT2D eigenvalue weighted by atomic mass is 32.2. The van der Waals surface area contributed by atoms with Crippen LogP contribution in [0.2, 0.25) is 0 Å². The minimum Gasteiger partial charge on any atom is -0.497 e. The lowest BCUT2D eigenvalue weighted by atomic mass is 10.1. The molecule has 1 aliphatic heterocycles. The number of ether oxygens (including phenoxy) is 2. The summed E-state index contributed by atoms with van der Waals surface area (Å²) in [6.45, 7) is 0.262. The molecule has 11 heteroatoms. The first-order chi connectivity index (χ1) is 15.3. The number of sulfonamides is 1. The lowest BCUT2D eigenvalue weighted by Gasteiger charge is -2.22. The fourth-order valence-corrected chi connectivity index (χ4v) is 4.65. The molecule has 0 unspecified atom stereocenters. The first-order valence-electron chi connectivity index (χ1n) is 9.89. The number of methoxy groups -OCH3 is 1. The van der Waals surface area contributed by atoms with Crippen molar-refractivity contribution in [2.45, 2.75) is 17.5 Å². The van der Waals surface area contributed by atoms with Gasteiger partial charge in [0.2, 0.25) is 10.0 Å². The Balaban J connectivity index is 1.48. The van der Waals surface area contributed by atoms with E-state index in [4.69, 9.17) is 9.47 Å². The summed E-state index contributed by atoms with van der Waals surface area (Å²) in [4.78, 5) is 24.0. The number of carbonyl (C=O) groups is 2. The van der Waals surface area contributed by atoms with Crippen LogP contribution in [0.5, 0.6) is 5.75 Å². The van der Waals surface area contributed by atoms with Gasteiger partial charge in [-0.15, -0.1) is 0 Å². The highest BCUT2D eigenvalue weighted by Gasteiger charge is 2.36. The van der Waals surface area contributed by atoms with Gasteiger partial charge in [0.05, 0.1) is 25.2 Å². The molecular formula is C21H24FN3O6S. The average molecular weight is 466 g/mol. The highest BCUT2D eigenvalue weighted by molar-refractivity contribution is 7.89. The van der Waals surface area contributed by atoms with Gasteiger partial charge in [-0.1, -0.05) is 12.1 Å². The molecule has 32 heavy (non-hydrogen) atoms. The number of hydrogen-bond acceptors (Lipinski definition) is 6. The average Bonchev–Trinajstić information content (AvgIpc) is 3.28. The van der Waals surface area contributed by atoms with Gasteiger partial charge < -0.3 is 20.1 Å². The topological polar surface area (TPSA) is 114 Å². The van der Waals surface area contributed by atoms with Crippen LogP contribution in [0.4, 0.5) is 4.39 Å². The van der Waals surface area contributed by atoms with E-state index in [1.165, 1.54) is 0 Å². The number of rotatable bonds is 8. The Labute approximate surface area is 185 Å². The Hall–Kier alpha value is -3.02. The molecule has 172 valence electrons. The van der Waals surface area contributed by atoms with Crippen LogP contribution < -0.4 is 15.4 Å². The zero-order chi connectivity index (χ0) is 23.1. The van der Waals surface area contributed by atoms with Gasteiger partial charge >= 0.3 is 11.8 Å². The van der Waals surface area contributed by atoms with Gasteiger partial charge in [-0.05, 0) is 48.4 Å². The number of carbonyl (C=O) groups excluding carboxylic acids is 2. The molecule has 9 nitrogen and oxygen atoms in total. The van der Waals surface area contributed by atoms with Crippen molar-refractivity contribution >= 4 is 21.8 Å². The molecule has 1 aliphatic rings. The smallest absolute Gasteiger partial charge is 0.309 e. The van der Waals surface area contributed by atoms with Crippen LogP contribution in [0.3, 0.4) is 0 Å². The number of benzene rings is 2. The van der Waals surface area contributed by atoms with Gasteiger partial charge in [0.25, 0.3) is 0 Å². The molecule has 0 spiro atoms. The zero-order valence-corrected chi connectivity index (χ0v) is 18.2. The fourth-order valence-electron chi connectivity index (χ4n) is 3.14. The largest absolute Gasteiger partial charge is 0.497 e. The second kappa shape index (κ2) is 10.5. The van der Waals surface area contributed by atoms with Crippen LogP contribution in [-0.2, 0) is 30.8 Å². The van der Waals surface area contributed by atoms with Crippen molar-refractivity contribution in [3.63, 3.8) is 0 Å². The molecule has 0 aromatic heterocycles. The number of halogens is 1. The summed E-state index contributed by atoms with van der Waals surface area (Å²) >= 11 is 0. The van der Waals surface area contributed by atoms with Crippen molar-refractivity contribution in [1.82, 2.24) is 14.9 Å². The fraction of sp³-hybridized carbons (Fsp3) is 0.333. The van der Waals surface area contributed by atoms with Crippen LogP contribution in [0.25, 0.3) is 0 Å². The van der Waals surface area contributed by atoms with Gasteiger partial charge in [0, 0.05) is 13.1 Å². The summed E-state index contributed by atoms with van der Waals surface area (Å²) in [7, 11) is -2.37. The van der Waals surface area contributed by atoms with E-state index in [0.717, 1.165) is 39.9 Å². The molecule has 1 heterocycles. The van der Waals surface area contributed by atoms with E-state index < -0.39 is 33.9 Å². The Morgan fingerprint density at radius 3 is 2.41 bits per heavy atom. The molecule has 0 radical (unpaired) electrons. The second-order valence-electron chi connectivity index (χ2n) is 6.96. The van der Waals surface area contributed by atoms with Crippen LogP contribution in [0, 0.1) is 5.82 Å². The predicted octanol–water partition coefficient (Wildman–Crippen LogP) is 0.656. The molecule has 0 bridgehead atoms. The van der Waals surface area contributed by atoms with Gasteiger partial charge in [-0.2, -0.15) is 4.31 Å². The quantitative estimate of drug-likeness (QED) is 0.554. The molecule has 2 aromatic carbocycles. The summed E-state index contributed by atoms with van der Waals surface area (Å²) in [5.41, 5.74) is 0.965. The molecule has 0 saturated carbocycles. The number of amides is 2. The summed E-state index contributed by atoms with van der Waals surface area (Å²) in [5.74, 6) is -1.55. The van der Waals surface area contributed by atoms with E-state index in [0.29, 0.717) is 6.42 Å². The van der Waals surface area contributed by atoms with Gasteiger partial charge in [0.1, 0.15) is 17.8 Å². The first kappa shape index (κ1) is 23.6. The molecule has 1 fully saturated rings. The molecule has 2 amide bonds. The number of nitrogens with zero attached hydrogens (tertiary/aromatic N) is 1. The molecule has 0 aliphatic carbocycles. The van der Waals surface area contributed by atoms with Crippen molar-refractivity contribution in [1.29, 1.82) is 0 Å². The van der Waals surface area contributed by atoms with Crippen molar-refractivity contribution < 1.29 is 31.9 Å². The normalized spacial score (nSPS) is 16.5. The minimum absolute atomic E-state index is 0.0777. The van der Waals surface area contributed by atoms with E-state index in [-0.39, 0.29) is 31.1 Å².